The fraction of sp³-hybridized carbons (Fsp3) is 0.167. The summed E-state index contributed by atoms with van der Waals surface area (Å²) < 4.78 is 5.15. The number of aryl methyl sites for hydroxylation is 1. The number of rotatable bonds is 5. The molecule has 0 bridgehead atoms. The largest absolute Gasteiger partial charge is 0.425 e. The van der Waals surface area contributed by atoms with Crippen LogP contribution < -0.4 is 15.4 Å². The standard InChI is InChI=1S/C18H18N2O4/c1-12-5-3-8-16(9-12)24-17(22)11-19-18(23)14-6-4-7-15(10-14)20-13(2)21/h3-10H,11H2,1-2H3,(H,19,23)(H,20,21). The Kier molecular flexibility index (Phi) is 5.68. The van der Waals surface area contributed by atoms with E-state index in [1.165, 1.54) is 13.0 Å². The lowest BCUT2D eigenvalue weighted by molar-refractivity contribution is -0.133. The van der Waals surface area contributed by atoms with Crippen molar-refractivity contribution in [3.05, 3.63) is 59.7 Å². The lowest BCUT2D eigenvalue weighted by Crippen LogP contribution is -2.31. The Morgan fingerprint density at radius 1 is 1.04 bits per heavy atom. The van der Waals surface area contributed by atoms with Crippen molar-refractivity contribution in [1.29, 1.82) is 0 Å². The van der Waals surface area contributed by atoms with Gasteiger partial charge in [-0.1, -0.05) is 18.2 Å². The molecule has 0 unspecified atom stereocenters. The molecule has 6 heteroatoms. The summed E-state index contributed by atoms with van der Waals surface area (Å²) in [4.78, 5) is 34.9. The molecule has 6 nitrogen and oxygen atoms in total. The van der Waals surface area contributed by atoms with Crippen LogP contribution >= 0.6 is 0 Å². The molecular weight excluding hydrogens is 308 g/mol. The second kappa shape index (κ2) is 7.92. The monoisotopic (exact) mass is 326 g/mol. The van der Waals surface area contributed by atoms with E-state index >= 15 is 0 Å². The molecule has 0 aliphatic rings. The number of ether oxygens (including phenoxy) is 1. The zero-order valence-corrected chi connectivity index (χ0v) is 13.5. The van der Waals surface area contributed by atoms with E-state index in [9.17, 15) is 14.4 Å². The molecule has 0 radical (unpaired) electrons. The summed E-state index contributed by atoms with van der Waals surface area (Å²) in [6.45, 7) is 3.02. The van der Waals surface area contributed by atoms with E-state index in [0.29, 0.717) is 17.0 Å². The molecule has 24 heavy (non-hydrogen) atoms. The summed E-state index contributed by atoms with van der Waals surface area (Å²) in [5.74, 6) is -0.786. The van der Waals surface area contributed by atoms with E-state index in [2.05, 4.69) is 10.6 Å². The second-order valence-corrected chi connectivity index (χ2v) is 5.24. The van der Waals surface area contributed by atoms with Crippen LogP contribution in [0.4, 0.5) is 5.69 Å². The van der Waals surface area contributed by atoms with Gasteiger partial charge in [-0.3, -0.25) is 9.59 Å². The Hall–Kier alpha value is -3.15. The number of benzene rings is 2. The molecule has 0 atom stereocenters. The van der Waals surface area contributed by atoms with Crippen LogP contribution in [0.1, 0.15) is 22.8 Å². The Morgan fingerprint density at radius 2 is 1.79 bits per heavy atom. The lowest BCUT2D eigenvalue weighted by atomic mass is 10.2. The predicted octanol–water partition coefficient (Wildman–Crippen LogP) is 2.29. The van der Waals surface area contributed by atoms with Crippen LogP contribution in [0, 0.1) is 6.92 Å². The average molecular weight is 326 g/mol. The third kappa shape index (κ3) is 5.24. The summed E-state index contributed by atoms with van der Waals surface area (Å²) in [7, 11) is 0. The fourth-order valence-electron chi connectivity index (χ4n) is 2.04. The molecule has 0 aromatic heterocycles. The van der Waals surface area contributed by atoms with Crippen molar-refractivity contribution < 1.29 is 19.1 Å². The molecule has 2 rings (SSSR count). The molecular formula is C18H18N2O4. The zero-order chi connectivity index (χ0) is 17.5. The van der Waals surface area contributed by atoms with Gasteiger partial charge in [-0.2, -0.15) is 0 Å². The SMILES string of the molecule is CC(=O)Nc1cccc(C(=O)NCC(=O)Oc2cccc(C)c2)c1. The van der Waals surface area contributed by atoms with Gasteiger partial charge in [-0.25, -0.2) is 4.79 Å². The van der Waals surface area contributed by atoms with Gasteiger partial charge >= 0.3 is 5.97 Å². The van der Waals surface area contributed by atoms with Gasteiger partial charge < -0.3 is 15.4 Å². The first-order valence-corrected chi connectivity index (χ1v) is 7.37. The summed E-state index contributed by atoms with van der Waals surface area (Å²) in [6, 6.07) is 13.5. The third-order valence-corrected chi connectivity index (χ3v) is 3.06. The Bertz CT molecular complexity index is 771. The van der Waals surface area contributed by atoms with E-state index in [-0.39, 0.29) is 12.5 Å². The molecule has 0 saturated heterocycles. The van der Waals surface area contributed by atoms with Crippen molar-refractivity contribution in [2.24, 2.45) is 0 Å². The lowest BCUT2D eigenvalue weighted by Gasteiger charge is -2.08. The van der Waals surface area contributed by atoms with E-state index in [4.69, 9.17) is 4.74 Å². The van der Waals surface area contributed by atoms with E-state index in [0.717, 1.165) is 5.56 Å². The van der Waals surface area contributed by atoms with Gasteiger partial charge in [0.2, 0.25) is 5.91 Å². The highest BCUT2D eigenvalue weighted by molar-refractivity contribution is 5.98. The maximum atomic E-state index is 12.1. The van der Waals surface area contributed by atoms with Gasteiger partial charge in [0.25, 0.3) is 5.91 Å². The van der Waals surface area contributed by atoms with Crippen molar-refractivity contribution in [3.8, 4) is 5.75 Å². The van der Waals surface area contributed by atoms with Crippen molar-refractivity contribution in [1.82, 2.24) is 5.32 Å². The minimum absolute atomic E-state index is 0.228. The topological polar surface area (TPSA) is 84.5 Å². The summed E-state index contributed by atoms with van der Waals surface area (Å²) in [6.07, 6.45) is 0. The smallest absolute Gasteiger partial charge is 0.330 e. The predicted molar refractivity (Wildman–Crippen MR) is 89.9 cm³/mol. The van der Waals surface area contributed by atoms with Crippen LogP contribution in [0.5, 0.6) is 5.75 Å². The van der Waals surface area contributed by atoms with Gasteiger partial charge in [0, 0.05) is 18.2 Å². The van der Waals surface area contributed by atoms with Crippen molar-refractivity contribution in [2.45, 2.75) is 13.8 Å². The first-order valence-electron chi connectivity index (χ1n) is 7.37. The number of carbonyl (C=O) groups is 3. The number of hydrogen-bond acceptors (Lipinski definition) is 4. The highest BCUT2D eigenvalue weighted by Gasteiger charge is 2.10. The van der Waals surface area contributed by atoms with Crippen LogP contribution in [-0.2, 0) is 9.59 Å². The highest BCUT2D eigenvalue weighted by atomic mass is 16.5. The molecule has 0 spiro atoms. The minimum atomic E-state index is -0.563. The van der Waals surface area contributed by atoms with Crippen LogP contribution in [0.15, 0.2) is 48.5 Å². The molecule has 124 valence electrons. The first kappa shape index (κ1) is 17.2. The van der Waals surface area contributed by atoms with Crippen LogP contribution in [-0.4, -0.2) is 24.3 Å². The number of nitrogens with one attached hydrogen (secondary N) is 2. The Labute approximate surface area is 139 Å². The zero-order valence-electron chi connectivity index (χ0n) is 13.5. The van der Waals surface area contributed by atoms with Crippen molar-refractivity contribution >= 4 is 23.5 Å². The van der Waals surface area contributed by atoms with Crippen LogP contribution in [0.3, 0.4) is 0 Å². The molecule has 2 amide bonds. The molecule has 0 aliphatic heterocycles. The number of hydrogen-bond donors (Lipinski definition) is 2. The van der Waals surface area contributed by atoms with Crippen LogP contribution in [0.2, 0.25) is 0 Å². The molecule has 2 aromatic rings. The third-order valence-electron chi connectivity index (χ3n) is 3.06. The highest BCUT2D eigenvalue weighted by Crippen LogP contribution is 2.13. The fourth-order valence-corrected chi connectivity index (χ4v) is 2.04. The maximum absolute atomic E-state index is 12.1. The molecule has 0 saturated carbocycles. The van der Waals surface area contributed by atoms with Crippen molar-refractivity contribution in [2.75, 3.05) is 11.9 Å². The second-order valence-electron chi connectivity index (χ2n) is 5.24. The normalized spacial score (nSPS) is 9.92. The number of carbonyl (C=O) groups excluding carboxylic acids is 3. The van der Waals surface area contributed by atoms with Gasteiger partial charge in [0.1, 0.15) is 12.3 Å². The van der Waals surface area contributed by atoms with Crippen LogP contribution in [0.25, 0.3) is 0 Å². The molecule has 0 heterocycles. The number of amides is 2. The van der Waals surface area contributed by atoms with Crippen molar-refractivity contribution in [3.63, 3.8) is 0 Å². The molecule has 0 aliphatic carbocycles. The Balaban J connectivity index is 1.90. The first-order chi connectivity index (χ1) is 11.4. The summed E-state index contributed by atoms with van der Waals surface area (Å²) >= 11 is 0. The summed E-state index contributed by atoms with van der Waals surface area (Å²) in [5, 5.41) is 5.08. The molecule has 0 fully saturated rings. The van der Waals surface area contributed by atoms with Gasteiger partial charge in [-0.15, -0.1) is 0 Å². The maximum Gasteiger partial charge on any atom is 0.330 e. The average Bonchev–Trinajstić information content (AvgIpc) is 2.52. The van der Waals surface area contributed by atoms with E-state index in [1.54, 1.807) is 36.4 Å². The Morgan fingerprint density at radius 3 is 2.50 bits per heavy atom. The number of esters is 1. The molecule has 2 aromatic carbocycles. The van der Waals surface area contributed by atoms with E-state index < -0.39 is 11.9 Å². The summed E-state index contributed by atoms with van der Waals surface area (Å²) in [5.41, 5.74) is 1.82. The van der Waals surface area contributed by atoms with Gasteiger partial charge in [-0.05, 0) is 42.8 Å². The quantitative estimate of drug-likeness (QED) is 0.652. The van der Waals surface area contributed by atoms with E-state index in [1.807, 2.05) is 13.0 Å². The number of anilines is 1. The molecule has 2 N–H and O–H groups in total. The minimum Gasteiger partial charge on any atom is -0.425 e. The van der Waals surface area contributed by atoms with Gasteiger partial charge in [0.05, 0.1) is 0 Å². The van der Waals surface area contributed by atoms with Gasteiger partial charge in [0.15, 0.2) is 0 Å².